The summed E-state index contributed by atoms with van der Waals surface area (Å²) in [6.45, 7) is 4.73. The number of anilines is 2. The Labute approximate surface area is 192 Å². The monoisotopic (exact) mass is 451 g/mol. The van der Waals surface area contributed by atoms with Gasteiger partial charge in [-0.25, -0.2) is 0 Å². The molecule has 1 fully saturated rings. The van der Waals surface area contributed by atoms with Gasteiger partial charge in [-0.2, -0.15) is 0 Å². The molecule has 32 heavy (non-hydrogen) atoms. The molecule has 0 atom stereocenters. The molecule has 2 N–H and O–H groups in total. The summed E-state index contributed by atoms with van der Waals surface area (Å²) in [5, 5.41) is 15.3. The van der Waals surface area contributed by atoms with Crippen molar-refractivity contribution in [2.75, 3.05) is 36.9 Å². The van der Waals surface area contributed by atoms with Crippen LogP contribution < -0.4 is 15.4 Å². The van der Waals surface area contributed by atoms with Gasteiger partial charge in [-0.05, 0) is 62.2 Å². The molecule has 3 aromatic rings. The molecule has 4 rings (SSSR count). The van der Waals surface area contributed by atoms with E-state index in [1.807, 2.05) is 24.3 Å². The van der Waals surface area contributed by atoms with Gasteiger partial charge in [0.2, 0.25) is 10.3 Å². The third-order valence-electron chi connectivity index (χ3n) is 5.30. The Hall–Kier alpha value is -2.97. The predicted octanol–water partition coefficient (Wildman–Crippen LogP) is 4.66. The molecule has 0 spiro atoms. The molecule has 8 heteroatoms. The van der Waals surface area contributed by atoms with E-state index in [4.69, 9.17) is 4.74 Å². The van der Waals surface area contributed by atoms with Crippen LogP contribution in [0, 0.1) is 0 Å². The van der Waals surface area contributed by atoms with Crippen LogP contribution in [0.3, 0.4) is 0 Å². The highest BCUT2D eigenvalue weighted by molar-refractivity contribution is 7.19. The molecule has 1 amide bonds. The lowest BCUT2D eigenvalue weighted by molar-refractivity contribution is 0.102. The van der Waals surface area contributed by atoms with Gasteiger partial charge in [0, 0.05) is 18.7 Å². The predicted molar refractivity (Wildman–Crippen MR) is 128 cm³/mol. The van der Waals surface area contributed by atoms with Crippen molar-refractivity contribution < 1.29 is 9.53 Å². The number of benzene rings is 2. The van der Waals surface area contributed by atoms with Crippen molar-refractivity contribution in [1.82, 2.24) is 15.1 Å². The minimum Gasteiger partial charge on any atom is -0.494 e. The molecule has 1 aliphatic rings. The fraction of sp³-hybridized carbons (Fsp3) is 0.375. The maximum Gasteiger partial charge on any atom is 0.257 e. The van der Waals surface area contributed by atoms with Crippen LogP contribution in [0.4, 0.5) is 10.3 Å². The number of hydrogen-bond acceptors (Lipinski definition) is 7. The molecule has 1 aliphatic heterocycles. The molecule has 2 heterocycles. The van der Waals surface area contributed by atoms with E-state index in [-0.39, 0.29) is 5.91 Å². The van der Waals surface area contributed by atoms with Crippen molar-refractivity contribution in [3.05, 3.63) is 65.7 Å². The van der Waals surface area contributed by atoms with E-state index in [1.54, 1.807) is 12.1 Å². The number of piperidine rings is 1. The second-order valence-corrected chi connectivity index (χ2v) is 8.82. The lowest BCUT2D eigenvalue weighted by Crippen LogP contribution is -2.29. The van der Waals surface area contributed by atoms with Crippen LogP contribution in [0.1, 0.15) is 41.6 Å². The lowest BCUT2D eigenvalue weighted by Gasteiger charge is -2.26. The smallest absolute Gasteiger partial charge is 0.257 e. The molecule has 168 valence electrons. The third kappa shape index (κ3) is 6.77. The Kier molecular flexibility index (Phi) is 8.05. The molecular weight excluding hydrogens is 422 g/mol. The van der Waals surface area contributed by atoms with Crippen LogP contribution in [0.25, 0.3) is 0 Å². The van der Waals surface area contributed by atoms with Gasteiger partial charge < -0.3 is 10.1 Å². The highest BCUT2D eigenvalue weighted by atomic mass is 32.1. The maximum absolute atomic E-state index is 12.2. The van der Waals surface area contributed by atoms with Gasteiger partial charge in [0.05, 0.1) is 6.61 Å². The summed E-state index contributed by atoms with van der Waals surface area (Å²) >= 11 is 1.32. The van der Waals surface area contributed by atoms with Crippen LogP contribution in [0.2, 0.25) is 0 Å². The van der Waals surface area contributed by atoms with Gasteiger partial charge in [0.15, 0.2) is 0 Å². The van der Waals surface area contributed by atoms with Crippen LogP contribution >= 0.6 is 11.3 Å². The van der Waals surface area contributed by atoms with Crippen LogP contribution in [0.5, 0.6) is 5.75 Å². The zero-order chi connectivity index (χ0) is 22.0. The third-order valence-corrected chi connectivity index (χ3v) is 6.10. The van der Waals surface area contributed by atoms with Crippen molar-refractivity contribution in [1.29, 1.82) is 0 Å². The van der Waals surface area contributed by atoms with Gasteiger partial charge in [-0.3, -0.25) is 15.0 Å². The molecule has 0 radical (unpaired) electrons. The first-order valence-electron chi connectivity index (χ1n) is 11.1. The minimum atomic E-state index is -0.191. The number of hydrogen-bond donors (Lipinski definition) is 2. The highest BCUT2D eigenvalue weighted by Gasteiger charge is 2.11. The van der Waals surface area contributed by atoms with E-state index < -0.39 is 0 Å². The lowest BCUT2D eigenvalue weighted by atomic mass is 10.1. The van der Waals surface area contributed by atoms with Gasteiger partial charge in [-0.15, -0.1) is 10.2 Å². The molecule has 7 nitrogen and oxygen atoms in total. The number of carbonyl (C=O) groups is 1. The Morgan fingerprint density at radius 3 is 2.66 bits per heavy atom. The summed E-state index contributed by atoms with van der Waals surface area (Å²) in [5.41, 5.74) is 1.90. The second-order valence-electron chi connectivity index (χ2n) is 7.85. The number of amides is 1. The molecule has 0 unspecified atom stereocenters. The zero-order valence-electron chi connectivity index (χ0n) is 18.1. The molecule has 1 saturated heterocycles. The van der Waals surface area contributed by atoms with Crippen LogP contribution in [-0.4, -0.2) is 47.2 Å². The number of aromatic nitrogens is 2. The quantitative estimate of drug-likeness (QED) is 0.437. The van der Waals surface area contributed by atoms with Crippen molar-refractivity contribution in [3.63, 3.8) is 0 Å². The van der Waals surface area contributed by atoms with Crippen molar-refractivity contribution in [2.24, 2.45) is 0 Å². The Morgan fingerprint density at radius 1 is 1.00 bits per heavy atom. The summed E-state index contributed by atoms with van der Waals surface area (Å²) in [6, 6.07) is 17.5. The summed E-state index contributed by atoms with van der Waals surface area (Å²) in [7, 11) is 0. The minimum absolute atomic E-state index is 0.191. The molecule has 0 aliphatic carbocycles. The standard InChI is InChI=1S/C24H29N5O2S/c30-22(20-10-3-1-4-11-20)26-24-28-27-23(32-24)25-13-8-16-31-21-12-7-9-19(17-21)18-29-14-5-2-6-15-29/h1,3-4,7,9-12,17H,2,5-6,8,13-16,18H2,(H,25,27)(H,26,28,30). The number of nitrogens with zero attached hydrogens (tertiary/aromatic N) is 3. The van der Waals surface area contributed by atoms with E-state index in [0.717, 1.165) is 18.7 Å². The fourth-order valence-corrected chi connectivity index (χ4v) is 4.34. The zero-order valence-corrected chi connectivity index (χ0v) is 18.9. The average Bonchev–Trinajstić information content (AvgIpc) is 3.27. The van der Waals surface area contributed by atoms with Gasteiger partial charge >= 0.3 is 0 Å². The molecule has 0 bridgehead atoms. The van der Waals surface area contributed by atoms with Gasteiger partial charge in [0.1, 0.15) is 5.75 Å². The SMILES string of the molecule is O=C(Nc1nnc(NCCCOc2cccc(CN3CCCCC3)c2)s1)c1ccccc1. The number of likely N-dealkylation sites (tertiary alicyclic amines) is 1. The van der Waals surface area contributed by atoms with E-state index in [1.165, 1.54) is 49.3 Å². The Bertz CT molecular complexity index is 989. The van der Waals surface area contributed by atoms with Crippen molar-refractivity contribution in [3.8, 4) is 5.75 Å². The van der Waals surface area contributed by atoms with E-state index in [0.29, 0.717) is 29.0 Å². The van der Waals surface area contributed by atoms with Gasteiger partial charge in [-0.1, -0.05) is 48.1 Å². The maximum atomic E-state index is 12.2. The normalized spacial score (nSPS) is 14.1. The van der Waals surface area contributed by atoms with E-state index in [9.17, 15) is 4.79 Å². The topological polar surface area (TPSA) is 79.4 Å². The molecule has 0 saturated carbocycles. The number of nitrogens with one attached hydrogen (secondary N) is 2. The fourth-order valence-electron chi connectivity index (χ4n) is 3.67. The van der Waals surface area contributed by atoms with Crippen LogP contribution in [-0.2, 0) is 6.54 Å². The first kappa shape index (κ1) is 22.2. The highest BCUT2D eigenvalue weighted by Crippen LogP contribution is 2.21. The van der Waals surface area contributed by atoms with Gasteiger partial charge in [0.25, 0.3) is 5.91 Å². The summed E-state index contributed by atoms with van der Waals surface area (Å²) in [5.74, 6) is 0.727. The van der Waals surface area contributed by atoms with Crippen molar-refractivity contribution >= 4 is 27.5 Å². The largest absolute Gasteiger partial charge is 0.494 e. The number of carbonyl (C=O) groups excluding carboxylic acids is 1. The number of ether oxygens (including phenoxy) is 1. The summed E-state index contributed by atoms with van der Waals surface area (Å²) in [6.07, 6.45) is 4.80. The van der Waals surface area contributed by atoms with E-state index in [2.05, 4.69) is 43.9 Å². The summed E-state index contributed by atoms with van der Waals surface area (Å²) in [4.78, 5) is 14.7. The van der Waals surface area contributed by atoms with Crippen molar-refractivity contribution in [2.45, 2.75) is 32.2 Å². The molecule has 2 aromatic carbocycles. The van der Waals surface area contributed by atoms with Crippen LogP contribution in [0.15, 0.2) is 54.6 Å². The second kappa shape index (κ2) is 11.6. The summed E-state index contributed by atoms with van der Waals surface area (Å²) < 4.78 is 5.93. The Balaban J connectivity index is 1.15. The van der Waals surface area contributed by atoms with E-state index >= 15 is 0 Å². The Morgan fingerprint density at radius 2 is 1.81 bits per heavy atom. The molecule has 1 aromatic heterocycles. The first-order chi connectivity index (χ1) is 15.8. The number of rotatable bonds is 10. The molecular formula is C24H29N5O2S. The first-order valence-corrected chi connectivity index (χ1v) is 12.0. The average molecular weight is 452 g/mol.